The van der Waals surface area contributed by atoms with Gasteiger partial charge in [-0.15, -0.1) is 0 Å². The number of likely N-dealkylation sites (N-methyl/N-ethyl adjacent to an activating group) is 1. The lowest BCUT2D eigenvalue weighted by Crippen LogP contribution is -2.58. The van der Waals surface area contributed by atoms with Gasteiger partial charge in [-0.25, -0.2) is 0 Å². The number of hydrogen-bond acceptors (Lipinski definition) is 6. The van der Waals surface area contributed by atoms with Crippen molar-refractivity contribution < 1.29 is 24.2 Å². The standard InChI is InChI=1S/C20H30N4O3.CH2O2/c1-3-24(2)20(9-5-4-6-10-20)14-22-19(26)18-17(23-16(25)13-27-18)15-8-7-11-21-12-15;2-1-3/h7-8,11-12,17-18H,3-6,9-10,13-14H2,1-2H3,(H,22,26)(H,23,25);1H,(H,2,3)/t17-,18+;/m1./s1. The average Bonchev–Trinajstić information content (AvgIpc) is 2.78. The van der Waals surface area contributed by atoms with Gasteiger partial charge in [0.2, 0.25) is 5.91 Å². The van der Waals surface area contributed by atoms with Crippen molar-refractivity contribution in [1.29, 1.82) is 0 Å². The van der Waals surface area contributed by atoms with Crippen molar-refractivity contribution in [2.24, 2.45) is 0 Å². The highest BCUT2D eigenvalue weighted by Crippen LogP contribution is 2.32. The van der Waals surface area contributed by atoms with Crippen molar-refractivity contribution in [3.8, 4) is 0 Å². The monoisotopic (exact) mass is 420 g/mol. The van der Waals surface area contributed by atoms with Gasteiger partial charge < -0.3 is 20.5 Å². The van der Waals surface area contributed by atoms with Gasteiger partial charge in [-0.2, -0.15) is 0 Å². The Morgan fingerprint density at radius 3 is 2.73 bits per heavy atom. The molecular weight excluding hydrogens is 388 g/mol. The molecule has 2 atom stereocenters. The smallest absolute Gasteiger partial charge is 0.290 e. The Morgan fingerprint density at radius 1 is 1.43 bits per heavy atom. The van der Waals surface area contributed by atoms with E-state index in [1.54, 1.807) is 18.5 Å². The third-order valence-electron chi connectivity index (χ3n) is 5.98. The Balaban J connectivity index is 0.00000101. The first kappa shape index (κ1) is 23.8. The van der Waals surface area contributed by atoms with E-state index < -0.39 is 12.1 Å². The number of nitrogens with one attached hydrogen (secondary N) is 2. The second-order valence-electron chi connectivity index (χ2n) is 7.69. The fourth-order valence-electron chi connectivity index (χ4n) is 4.19. The fourth-order valence-corrected chi connectivity index (χ4v) is 4.19. The molecule has 1 aliphatic carbocycles. The number of carbonyl (C=O) groups excluding carboxylic acids is 2. The summed E-state index contributed by atoms with van der Waals surface area (Å²) >= 11 is 0. The van der Waals surface area contributed by atoms with E-state index in [9.17, 15) is 9.59 Å². The molecule has 3 N–H and O–H groups in total. The summed E-state index contributed by atoms with van der Waals surface area (Å²) in [6.45, 7) is 3.35. The van der Waals surface area contributed by atoms with Crippen LogP contribution in [0, 0.1) is 0 Å². The molecule has 3 rings (SSSR count). The molecule has 0 radical (unpaired) electrons. The second kappa shape index (κ2) is 11.6. The van der Waals surface area contributed by atoms with Gasteiger partial charge in [-0.05, 0) is 38.1 Å². The van der Waals surface area contributed by atoms with Crippen molar-refractivity contribution in [3.05, 3.63) is 30.1 Å². The van der Waals surface area contributed by atoms with Crippen LogP contribution in [0.3, 0.4) is 0 Å². The molecule has 0 aromatic carbocycles. The summed E-state index contributed by atoms with van der Waals surface area (Å²) in [6, 6.07) is 3.12. The van der Waals surface area contributed by atoms with Gasteiger partial charge >= 0.3 is 0 Å². The van der Waals surface area contributed by atoms with E-state index >= 15 is 0 Å². The minimum Gasteiger partial charge on any atom is -0.483 e. The molecule has 1 aromatic heterocycles. The summed E-state index contributed by atoms with van der Waals surface area (Å²) in [6.07, 6.45) is 8.39. The van der Waals surface area contributed by atoms with E-state index in [2.05, 4.69) is 34.5 Å². The van der Waals surface area contributed by atoms with E-state index in [0.717, 1.165) is 24.9 Å². The van der Waals surface area contributed by atoms with Crippen LogP contribution in [0.25, 0.3) is 0 Å². The Morgan fingerprint density at radius 2 is 2.13 bits per heavy atom. The quantitative estimate of drug-likeness (QED) is 0.590. The SMILES string of the molecule is CCN(C)C1(CNC(=O)[C@H]2OCC(=O)N[C@@H]2c2cccnc2)CCCCC1.O=CO. The van der Waals surface area contributed by atoms with Gasteiger partial charge in [0, 0.05) is 24.5 Å². The predicted octanol–water partition coefficient (Wildman–Crippen LogP) is 1.11. The van der Waals surface area contributed by atoms with Crippen molar-refractivity contribution in [2.75, 3.05) is 26.7 Å². The predicted molar refractivity (Wildman–Crippen MR) is 111 cm³/mol. The van der Waals surface area contributed by atoms with Crippen LogP contribution in [0.15, 0.2) is 24.5 Å². The van der Waals surface area contributed by atoms with Crippen molar-refractivity contribution in [1.82, 2.24) is 20.5 Å². The van der Waals surface area contributed by atoms with Crippen LogP contribution < -0.4 is 10.6 Å². The van der Waals surface area contributed by atoms with Gasteiger partial charge in [-0.1, -0.05) is 32.3 Å². The fraction of sp³-hybridized carbons (Fsp3) is 0.619. The molecule has 2 fully saturated rings. The molecule has 9 heteroatoms. The van der Waals surface area contributed by atoms with Crippen LogP contribution in [-0.4, -0.2) is 71.7 Å². The minimum absolute atomic E-state index is 0.00434. The van der Waals surface area contributed by atoms with E-state index in [-0.39, 0.29) is 30.4 Å². The molecular formula is C21H32N4O5. The molecule has 1 aromatic rings. The first-order valence-electron chi connectivity index (χ1n) is 10.3. The van der Waals surface area contributed by atoms with Gasteiger partial charge in [-0.3, -0.25) is 24.3 Å². The summed E-state index contributed by atoms with van der Waals surface area (Å²) < 4.78 is 5.61. The molecule has 0 spiro atoms. The van der Waals surface area contributed by atoms with E-state index in [1.807, 2.05) is 6.07 Å². The van der Waals surface area contributed by atoms with Crippen LogP contribution in [-0.2, 0) is 19.1 Å². The summed E-state index contributed by atoms with van der Waals surface area (Å²) in [4.78, 5) is 39.6. The summed E-state index contributed by atoms with van der Waals surface area (Å²) in [7, 11) is 2.13. The summed E-state index contributed by atoms with van der Waals surface area (Å²) in [5.74, 6) is -0.402. The number of aromatic nitrogens is 1. The van der Waals surface area contributed by atoms with Crippen LogP contribution in [0.1, 0.15) is 50.6 Å². The molecule has 166 valence electrons. The second-order valence-corrected chi connectivity index (χ2v) is 7.69. The van der Waals surface area contributed by atoms with E-state index in [1.165, 1.54) is 19.3 Å². The van der Waals surface area contributed by atoms with Crippen molar-refractivity contribution in [2.45, 2.75) is 56.7 Å². The topological polar surface area (TPSA) is 121 Å². The van der Waals surface area contributed by atoms with Gasteiger partial charge in [0.05, 0.1) is 6.04 Å². The number of hydrogen-bond donors (Lipinski definition) is 3. The van der Waals surface area contributed by atoms with Gasteiger partial charge in [0.25, 0.3) is 12.4 Å². The maximum Gasteiger partial charge on any atom is 0.290 e. The van der Waals surface area contributed by atoms with Gasteiger partial charge in [0.1, 0.15) is 6.61 Å². The average molecular weight is 421 g/mol. The number of pyridine rings is 1. The molecule has 2 heterocycles. The third kappa shape index (κ3) is 5.99. The van der Waals surface area contributed by atoms with E-state index in [0.29, 0.717) is 6.54 Å². The van der Waals surface area contributed by atoms with Gasteiger partial charge in [0.15, 0.2) is 6.10 Å². The molecule has 2 amide bonds. The Bertz CT molecular complexity index is 694. The number of ether oxygens (including phenoxy) is 1. The zero-order valence-corrected chi connectivity index (χ0v) is 17.7. The van der Waals surface area contributed by atoms with Crippen molar-refractivity contribution in [3.63, 3.8) is 0 Å². The normalized spacial score (nSPS) is 23.0. The number of carbonyl (C=O) groups is 3. The number of morpholine rings is 1. The maximum atomic E-state index is 13.0. The molecule has 30 heavy (non-hydrogen) atoms. The first-order chi connectivity index (χ1) is 14.5. The minimum atomic E-state index is -0.750. The molecule has 9 nitrogen and oxygen atoms in total. The zero-order valence-electron chi connectivity index (χ0n) is 17.7. The van der Waals surface area contributed by atoms with Crippen LogP contribution in [0.2, 0.25) is 0 Å². The summed E-state index contributed by atoms with van der Waals surface area (Å²) in [5, 5.41) is 12.9. The molecule has 0 bridgehead atoms. The number of nitrogens with zero attached hydrogens (tertiary/aromatic N) is 2. The Kier molecular flexibility index (Phi) is 9.19. The highest BCUT2D eigenvalue weighted by Gasteiger charge is 2.39. The lowest BCUT2D eigenvalue weighted by atomic mass is 9.80. The first-order valence-corrected chi connectivity index (χ1v) is 10.3. The largest absolute Gasteiger partial charge is 0.483 e. The van der Waals surface area contributed by atoms with E-state index in [4.69, 9.17) is 14.6 Å². The highest BCUT2D eigenvalue weighted by molar-refractivity contribution is 5.86. The van der Waals surface area contributed by atoms with Crippen molar-refractivity contribution >= 4 is 18.3 Å². The number of rotatable bonds is 6. The molecule has 1 aliphatic heterocycles. The maximum absolute atomic E-state index is 13.0. The van der Waals surface area contributed by atoms with Crippen LogP contribution >= 0.6 is 0 Å². The Labute approximate surface area is 177 Å². The zero-order chi connectivity index (χ0) is 22.0. The lowest BCUT2D eigenvalue weighted by Gasteiger charge is -2.45. The third-order valence-corrected chi connectivity index (χ3v) is 5.98. The highest BCUT2D eigenvalue weighted by atomic mass is 16.5. The molecule has 2 aliphatic rings. The molecule has 0 unspecified atom stereocenters. The molecule has 1 saturated carbocycles. The van der Waals surface area contributed by atoms with Crippen LogP contribution in [0.5, 0.6) is 0 Å². The lowest BCUT2D eigenvalue weighted by molar-refractivity contribution is -0.148. The number of amides is 2. The summed E-state index contributed by atoms with van der Waals surface area (Å²) in [5.41, 5.74) is 0.772. The van der Waals surface area contributed by atoms with Crippen LogP contribution in [0.4, 0.5) is 0 Å². The number of carboxylic acid groups (broad SMARTS) is 1. The Hall–Kier alpha value is -2.52. The molecule has 1 saturated heterocycles.